The summed E-state index contributed by atoms with van der Waals surface area (Å²) in [6, 6.07) is -0.667. The number of methoxy groups -OCH3 is 1. The molecule has 0 aliphatic rings. The molecule has 0 amide bonds. The summed E-state index contributed by atoms with van der Waals surface area (Å²) < 4.78 is 4.31. The van der Waals surface area contributed by atoms with E-state index in [4.69, 9.17) is 24.3 Å². The fraction of sp³-hybridized carbons (Fsp3) is 0.333. The van der Waals surface area contributed by atoms with Gasteiger partial charge in [-0.3, -0.25) is 4.79 Å². The van der Waals surface area contributed by atoms with Crippen LogP contribution in [0.3, 0.4) is 0 Å². The fourth-order valence-electron chi connectivity index (χ4n) is 0.938. The summed E-state index contributed by atoms with van der Waals surface area (Å²) in [6.07, 6.45) is 12.3. The van der Waals surface area contributed by atoms with Gasteiger partial charge in [0.15, 0.2) is 5.95 Å². The van der Waals surface area contributed by atoms with Crippen LogP contribution in [0, 0.1) is 24.7 Å². The lowest BCUT2D eigenvalue weighted by Crippen LogP contribution is -2.30. The number of imidazole rings is 1. The monoisotopic (exact) mass is 284 g/mol. The van der Waals surface area contributed by atoms with Crippen molar-refractivity contribution in [1.29, 1.82) is 0 Å². The summed E-state index contributed by atoms with van der Waals surface area (Å²) in [7, 11) is 1.28. The van der Waals surface area contributed by atoms with Crippen LogP contribution in [-0.4, -0.2) is 29.1 Å². The van der Waals surface area contributed by atoms with E-state index in [-0.39, 0.29) is 18.8 Å². The molecule has 0 aliphatic carbocycles. The minimum atomic E-state index is -0.667. The number of nitrogens with one attached hydrogen (secondary N) is 1. The topological polar surface area (TPSA) is 107 Å². The molecule has 0 spiro atoms. The summed E-state index contributed by atoms with van der Waals surface area (Å²) in [6.45, 7) is 0. The molecule has 19 heavy (non-hydrogen) atoms. The average Bonchev–Trinajstić information content (AvgIpc) is 2.75. The molecular weight excluding hydrogens is 268 g/mol. The fourth-order valence-corrected chi connectivity index (χ4v) is 0.938. The van der Waals surface area contributed by atoms with E-state index >= 15 is 0 Å². The maximum atomic E-state index is 10.5. The van der Waals surface area contributed by atoms with E-state index in [1.165, 1.54) is 7.11 Å². The first-order valence-corrected chi connectivity index (χ1v) is 5.04. The number of hydrogen-bond donors (Lipinski definition) is 3. The molecule has 104 valence electrons. The number of halogens is 1. The van der Waals surface area contributed by atoms with Crippen molar-refractivity contribution < 1.29 is 9.53 Å². The Morgan fingerprint density at radius 1 is 1.58 bits per heavy atom. The zero-order chi connectivity index (χ0) is 14.0. The summed E-state index contributed by atoms with van der Waals surface area (Å²) in [4.78, 5) is 17.0. The third-order valence-electron chi connectivity index (χ3n) is 1.78. The molecule has 1 unspecified atom stereocenters. The van der Waals surface area contributed by atoms with Gasteiger partial charge in [-0.2, -0.15) is 0 Å². The van der Waals surface area contributed by atoms with Crippen LogP contribution < -0.4 is 11.5 Å². The van der Waals surface area contributed by atoms with Gasteiger partial charge in [-0.1, -0.05) is 0 Å². The van der Waals surface area contributed by atoms with Crippen LogP contribution in [-0.2, 0) is 16.0 Å². The van der Waals surface area contributed by atoms with Crippen molar-refractivity contribution in [1.82, 2.24) is 9.97 Å². The van der Waals surface area contributed by atoms with Crippen LogP contribution in [0.15, 0.2) is 6.20 Å². The number of nitrogens with zero attached hydrogens (tertiary/aromatic N) is 1. The first-order valence-electron chi connectivity index (χ1n) is 5.04. The molecule has 0 saturated carbocycles. The molecule has 0 saturated heterocycles. The number of terminal acetylenes is 2. The lowest BCUT2D eigenvalue weighted by molar-refractivity contribution is -0.142. The zero-order valence-corrected chi connectivity index (χ0v) is 11.4. The van der Waals surface area contributed by atoms with Crippen molar-refractivity contribution >= 4 is 24.3 Å². The van der Waals surface area contributed by atoms with Crippen LogP contribution in [0.4, 0.5) is 5.95 Å². The van der Waals surface area contributed by atoms with E-state index in [1.54, 1.807) is 6.20 Å². The molecular formula is C12H17ClN4O2. The highest BCUT2D eigenvalue weighted by Gasteiger charge is 2.10. The van der Waals surface area contributed by atoms with Gasteiger partial charge < -0.3 is 21.2 Å². The number of nitrogens with two attached hydrogens (primary N) is 2. The van der Waals surface area contributed by atoms with Crippen molar-refractivity contribution in [3.8, 4) is 24.7 Å². The Hall–Kier alpha value is -2.15. The van der Waals surface area contributed by atoms with E-state index in [0.717, 1.165) is 5.69 Å². The van der Waals surface area contributed by atoms with Gasteiger partial charge in [-0.25, -0.2) is 4.98 Å². The number of ether oxygens (including phenoxy) is 1. The second kappa shape index (κ2) is 11.0. The summed E-state index contributed by atoms with van der Waals surface area (Å²) in [5.74, 6) is 4.68. The van der Waals surface area contributed by atoms with Gasteiger partial charge in [-0.15, -0.1) is 37.1 Å². The van der Waals surface area contributed by atoms with Crippen LogP contribution in [0.25, 0.3) is 0 Å². The van der Waals surface area contributed by atoms with E-state index in [2.05, 4.69) is 26.5 Å². The lowest BCUT2D eigenvalue weighted by atomic mass is 10.2. The average molecular weight is 285 g/mol. The molecule has 0 aromatic carbocycles. The number of carbonyl (C=O) groups is 1. The van der Waals surface area contributed by atoms with Crippen LogP contribution in [0.1, 0.15) is 12.1 Å². The lowest BCUT2D eigenvalue weighted by Gasteiger charge is -2.02. The van der Waals surface area contributed by atoms with Gasteiger partial charge in [0.1, 0.15) is 6.04 Å². The molecule has 6 nitrogen and oxygen atoms in total. The second-order valence-electron chi connectivity index (χ2n) is 3.21. The third-order valence-corrected chi connectivity index (χ3v) is 1.78. The number of esters is 1. The molecule has 7 heteroatoms. The summed E-state index contributed by atoms with van der Waals surface area (Å²) in [5.41, 5.74) is 11.4. The van der Waals surface area contributed by atoms with Gasteiger partial charge in [0, 0.05) is 12.1 Å². The van der Waals surface area contributed by atoms with Gasteiger partial charge in [0.05, 0.1) is 19.7 Å². The maximum absolute atomic E-state index is 10.5. The highest BCUT2D eigenvalue weighted by Crippen LogP contribution is 1.96. The Morgan fingerprint density at radius 3 is 2.58 bits per heavy atom. The smallest absolute Gasteiger partial charge is 0.323 e. The van der Waals surface area contributed by atoms with Gasteiger partial charge >= 0.3 is 5.97 Å². The Labute approximate surface area is 118 Å². The first-order chi connectivity index (χ1) is 8.54. The Morgan fingerprint density at radius 2 is 2.21 bits per heavy atom. The van der Waals surface area contributed by atoms with Crippen molar-refractivity contribution in [3.05, 3.63) is 11.9 Å². The summed E-state index contributed by atoms with van der Waals surface area (Å²) >= 11 is 0. The number of nitrogen functional groups attached to an aromatic ring is 1. The second-order valence-corrected chi connectivity index (χ2v) is 3.21. The van der Waals surface area contributed by atoms with Crippen LogP contribution >= 0.6 is 12.4 Å². The number of hydrogen-bond acceptors (Lipinski definition) is 5. The highest BCUT2D eigenvalue weighted by molar-refractivity contribution is 5.85. The Kier molecular flexibility index (Phi) is 11.1. The largest absolute Gasteiger partial charge is 0.468 e. The van der Waals surface area contributed by atoms with E-state index in [1.807, 2.05) is 0 Å². The van der Waals surface area contributed by atoms with Gasteiger partial charge in [-0.05, 0) is 0 Å². The van der Waals surface area contributed by atoms with Crippen LogP contribution in [0.2, 0.25) is 0 Å². The Bertz CT molecular complexity index is 459. The zero-order valence-electron chi connectivity index (χ0n) is 10.6. The maximum Gasteiger partial charge on any atom is 0.323 e. The number of H-pyrrole nitrogens is 1. The number of aromatic amines is 1. The number of rotatable bonds is 3. The first kappa shape index (κ1) is 19.2. The minimum absolute atomic E-state index is 0. The third kappa shape index (κ3) is 8.56. The van der Waals surface area contributed by atoms with Crippen molar-refractivity contribution in [2.45, 2.75) is 18.9 Å². The van der Waals surface area contributed by atoms with Gasteiger partial charge in [0.2, 0.25) is 0 Å². The SMILES string of the molecule is C#CCC(N)C(=O)OC.C#CCc1cnc(N)[nH]1.Cl. The van der Waals surface area contributed by atoms with E-state index in [9.17, 15) is 4.79 Å². The molecule has 0 bridgehead atoms. The molecule has 5 N–H and O–H groups in total. The van der Waals surface area contributed by atoms with E-state index in [0.29, 0.717) is 12.4 Å². The number of anilines is 1. The minimum Gasteiger partial charge on any atom is -0.468 e. The highest BCUT2D eigenvalue weighted by atomic mass is 35.5. The Balaban J connectivity index is 0. The van der Waals surface area contributed by atoms with Crippen molar-refractivity contribution in [2.75, 3.05) is 12.8 Å². The standard InChI is InChI=1S/C6H7N3.C6H9NO2.ClH/c1-2-3-5-4-8-6(7)9-5;1-3-4-5(7)6(8)9-2;/h1,4H,3H2,(H3,7,8,9);1,5H,4,7H2,2H3;1H. The molecule has 0 aliphatic heterocycles. The quantitative estimate of drug-likeness (QED) is 0.539. The molecule has 1 atom stereocenters. The molecule has 1 aromatic rings. The van der Waals surface area contributed by atoms with Crippen LogP contribution in [0.5, 0.6) is 0 Å². The predicted molar refractivity (Wildman–Crippen MR) is 76.2 cm³/mol. The van der Waals surface area contributed by atoms with Gasteiger partial charge in [0.25, 0.3) is 0 Å². The molecule has 0 radical (unpaired) electrons. The molecule has 1 rings (SSSR count). The predicted octanol–water partition coefficient (Wildman–Crippen LogP) is 0.0994. The molecule has 1 aromatic heterocycles. The molecule has 1 heterocycles. The van der Waals surface area contributed by atoms with Crippen molar-refractivity contribution in [3.63, 3.8) is 0 Å². The number of carbonyl (C=O) groups excluding carboxylic acids is 1. The van der Waals surface area contributed by atoms with Crippen molar-refractivity contribution in [2.24, 2.45) is 5.73 Å². The van der Waals surface area contributed by atoms with E-state index < -0.39 is 12.0 Å². The molecule has 0 fully saturated rings. The normalized spacial score (nSPS) is 9.68. The number of aromatic nitrogens is 2. The summed E-state index contributed by atoms with van der Waals surface area (Å²) in [5, 5.41) is 0.